The van der Waals surface area contributed by atoms with Crippen molar-refractivity contribution in [3.8, 4) is 22.6 Å². The van der Waals surface area contributed by atoms with Gasteiger partial charge in [0.05, 0.1) is 0 Å². The third-order valence-electron chi connectivity index (χ3n) is 2.03. The minimum atomic E-state index is 0.228. The molecule has 0 unspecified atom stereocenters. The first-order valence-electron chi connectivity index (χ1n) is 5.75. The highest BCUT2D eigenvalue weighted by Gasteiger charge is 1.98. The highest BCUT2D eigenvalue weighted by molar-refractivity contribution is 5.66. The fourth-order valence-electron chi connectivity index (χ4n) is 1.37. The van der Waals surface area contributed by atoms with Gasteiger partial charge in [0.2, 0.25) is 0 Å². The Morgan fingerprint density at radius 1 is 0.765 bits per heavy atom. The SMILES string of the molecule is CCC.Oc1cccc(-c2cccc(O)c2)c1. The van der Waals surface area contributed by atoms with Crippen LogP contribution in [0, 0.1) is 0 Å². The molecule has 0 saturated carbocycles. The van der Waals surface area contributed by atoms with E-state index in [9.17, 15) is 10.2 Å². The van der Waals surface area contributed by atoms with E-state index in [0.29, 0.717) is 0 Å². The second-order valence-corrected chi connectivity index (χ2v) is 3.81. The number of phenolic OH excluding ortho intramolecular Hbond substituents is 2. The summed E-state index contributed by atoms with van der Waals surface area (Å²) >= 11 is 0. The van der Waals surface area contributed by atoms with Crippen LogP contribution in [0.1, 0.15) is 20.3 Å². The zero-order chi connectivity index (χ0) is 12.7. The number of rotatable bonds is 1. The van der Waals surface area contributed by atoms with E-state index in [2.05, 4.69) is 13.8 Å². The van der Waals surface area contributed by atoms with Crippen LogP contribution in [0.15, 0.2) is 48.5 Å². The lowest BCUT2D eigenvalue weighted by atomic mass is 10.1. The summed E-state index contributed by atoms with van der Waals surface area (Å²) in [4.78, 5) is 0. The topological polar surface area (TPSA) is 40.5 Å². The summed E-state index contributed by atoms with van der Waals surface area (Å²) < 4.78 is 0. The molecule has 0 fully saturated rings. The van der Waals surface area contributed by atoms with Gasteiger partial charge in [-0.05, 0) is 35.4 Å². The molecule has 2 aromatic carbocycles. The monoisotopic (exact) mass is 230 g/mol. The largest absolute Gasteiger partial charge is 0.508 e. The van der Waals surface area contributed by atoms with Gasteiger partial charge in [0.25, 0.3) is 0 Å². The standard InChI is InChI=1S/C12H10O2.C3H8/c13-11-5-1-3-9(7-11)10-4-2-6-12(14)8-10;1-3-2/h1-8,13-14H;3H2,1-2H3. The Hall–Kier alpha value is -1.96. The van der Waals surface area contributed by atoms with Crippen molar-refractivity contribution < 1.29 is 10.2 Å². The van der Waals surface area contributed by atoms with Crippen LogP contribution in [0.3, 0.4) is 0 Å². The molecule has 0 amide bonds. The quantitative estimate of drug-likeness (QED) is 0.771. The Morgan fingerprint density at radius 3 is 1.41 bits per heavy atom. The van der Waals surface area contributed by atoms with Crippen LogP contribution in [0.2, 0.25) is 0 Å². The predicted octanol–water partition coefficient (Wildman–Crippen LogP) is 4.18. The van der Waals surface area contributed by atoms with E-state index < -0.39 is 0 Å². The number of benzene rings is 2. The predicted molar refractivity (Wildman–Crippen MR) is 71.2 cm³/mol. The fourth-order valence-corrected chi connectivity index (χ4v) is 1.37. The van der Waals surface area contributed by atoms with Crippen LogP contribution < -0.4 is 0 Å². The average Bonchev–Trinajstić information content (AvgIpc) is 2.30. The van der Waals surface area contributed by atoms with E-state index in [-0.39, 0.29) is 11.5 Å². The third kappa shape index (κ3) is 4.19. The summed E-state index contributed by atoms with van der Waals surface area (Å²) in [6, 6.07) is 13.9. The molecule has 0 heterocycles. The van der Waals surface area contributed by atoms with E-state index in [4.69, 9.17) is 0 Å². The molecule has 90 valence electrons. The Bertz CT molecular complexity index is 420. The van der Waals surface area contributed by atoms with Gasteiger partial charge >= 0.3 is 0 Å². The first-order valence-corrected chi connectivity index (χ1v) is 5.75. The van der Waals surface area contributed by atoms with Crippen LogP contribution in [0.25, 0.3) is 11.1 Å². The molecule has 0 spiro atoms. The van der Waals surface area contributed by atoms with Crippen LogP contribution in [-0.2, 0) is 0 Å². The van der Waals surface area contributed by atoms with Crippen LogP contribution >= 0.6 is 0 Å². The van der Waals surface area contributed by atoms with Crippen molar-refractivity contribution in [1.82, 2.24) is 0 Å². The average molecular weight is 230 g/mol. The number of aromatic hydroxyl groups is 2. The fraction of sp³-hybridized carbons (Fsp3) is 0.200. The summed E-state index contributed by atoms with van der Waals surface area (Å²) in [5.41, 5.74) is 1.78. The Balaban J connectivity index is 0.000000437. The number of phenols is 2. The molecule has 0 radical (unpaired) electrons. The van der Waals surface area contributed by atoms with Crippen molar-refractivity contribution in [3.05, 3.63) is 48.5 Å². The van der Waals surface area contributed by atoms with Gasteiger partial charge < -0.3 is 10.2 Å². The van der Waals surface area contributed by atoms with E-state index in [1.807, 2.05) is 12.1 Å². The van der Waals surface area contributed by atoms with Crippen molar-refractivity contribution >= 4 is 0 Å². The van der Waals surface area contributed by atoms with E-state index >= 15 is 0 Å². The molecule has 0 saturated heterocycles. The Kier molecular flexibility index (Phi) is 5.08. The maximum atomic E-state index is 9.28. The normalized spacial score (nSPS) is 9.29. The number of hydrogen-bond acceptors (Lipinski definition) is 2. The molecule has 17 heavy (non-hydrogen) atoms. The lowest BCUT2D eigenvalue weighted by Gasteiger charge is -2.02. The first kappa shape index (κ1) is 13.1. The smallest absolute Gasteiger partial charge is 0.116 e. The third-order valence-corrected chi connectivity index (χ3v) is 2.03. The summed E-state index contributed by atoms with van der Waals surface area (Å²) in [5.74, 6) is 0.455. The van der Waals surface area contributed by atoms with Gasteiger partial charge in [0, 0.05) is 0 Å². The Morgan fingerprint density at radius 2 is 1.12 bits per heavy atom. The molecule has 2 aromatic rings. The molecule has 0 bridgehead atoms. The van der Waals surface area contributed by atoms with Crippen molar-refractivity contribution in [3.63, 3.8) is 0 Å². The van der Waals surface area contributed by atoms with Crippen LogP contribution in [0.5, 0.6) is 11.5 Å². The molecule has 0 atom stereocenters. The molecule has 0 aromatic heterocycles. The number of hydrogen-bond donors (Lipinski definition) is 2. The van der Waals surface area contributed by atoms with Gasteiger partial charge in [-0.3, -0.25) is 0 Å². The minimum Gasteiger partial charge on any atom is -0.508 e. The molecule has 0 aliphatic rings. The van der Waals surface area contributed by atoms with E-state index in [0.717, 1.165) is 11.1 Å². The van der Waals surface area contributed by atoms with Gasteiger partial charge in [-0.15, -0.1) is 0 Å². The lowest BCUT2D eigenvalue weighted by molar-refractivity contribution is 0.474. The molecule has 0 aliphatic heterocycles. The zero-order valence-electron chi connectivity index (χ0n) is 10.2. The molecule has 0 aliphatic carbocycles. The van der Waals surface area contributed by atoms with Gasteiger partial charge in [-0.25, -0.2) is 0 Å². The zero-order valence-corrected chi connectivity index (χ0v) is 10.2. The van der Waals surface area contributed by atoms with Crippen molar-refractivity contribution in [2.75, 3.05) is 0 Å². The van der Waals surface area contributed by atoms with Gasteiger partial charge in [-0.1, -0.05) is 44.5 Å². The van der Waals surface area contributed by atoms with Gasteiger partial charge in [-0.2, -0.15) is 0 Å². The molecule has 2 nitrogen and oxygen atoms in total. The molecule has 2 N–H and O–H groups in total. The minimum absolute atomic E-state index is 0.228. The first-order chi connectivity index (χ1) is 8.17. The lowest BCUT2D eigenvalue weighted by Crippen LogP contribution is -1.76. The summed E-state index contributed by atoms with van der Waals surface area (Å²) in [7, 11) is 0. The maximum Gasteiger partial charge on any atom is 0.116 e. The molecular formula is C15H18O2. The molecule has 2 rings (SSSR count). The Labute approximate surface area is 102 Å². The summed E-state index contributed by atoms with van der Waals surface area (Å²) in [6.45, 7) is 4.25. The molecule has 2 heteroatoms. The second kappa shape index (κ2) is 6.59. The van der Waals surface area contributed by atoms with Crippen molar-refractivity contribution in [2.45, 2.75) is 20.3 Å². The summed E-state index contributed by atoms with van der Waals surface area (Å²) in [6.07, 6.45) is 1.25. The van der Waals surface area contributed by atoms with Gasteiger partial charge in [0.15, 0.2) is 0 Å². The van der Waals surface area contributed by atoms with Gasteiger partial charge in [0.1, 0.15) is 11.5 Å². The van der Waals surface area contributed by atoms with Crippen LogP contribution in [0.4, 0.5) is 0 Å². The van der Waals surface area contributed by atoms with E-state index in [1.54, 1.807) is 36.4 Å². The van der Waals surface area contributed by atoms with Crippen LogP contribution in [-0.4, -0.2) is 10.2 Å². The molecular weight excluding hydrogens is 212 g/mol. The summed E-state index contributed by atoms with van der Waals surface area (Å²) in [5, 5.41) is 18.6. The van der Waals surface area contributed by atoms with E-state index in [1.165, 1.54) is 6.42 Å². The highest BCUT2D eigenvalue weighted by atomic mass is 16.3. The highest BCUT2D eigenvalue weighted by Crippen LogP contribution is 2.25. The maximum absolute atomic E-state index is 9.28. The second-order valence-electron chi connectivity index (χ2n) is 3.81. The van der Waals surface area contributed by atoms with Crippen molar-refractivity contribution in [2.24, 2.45) is 0 Å². The van der Waals surface area contributed by atoms with Crippen molar-refractivity contribution in [1.29, 1.82) is 0 Å².